The Hall–Kier alpha value is -3.39. The molecule has 1 saturated heterocycles. The van der Waals surface area contributed by atoms with Gasteiger partial charge in [0.25, 0.3) is 0 Å². The second-order valence-corrected chi connectivity index (χ2v) is 7.79. The van der Waals surface area contributed by atoms with Crippen LogP contribution in [0.1, 0.15) is 37.7 Å². The molecule has 1 fully saturated rings. The molecule has 0 spiro atoms. The van der Waals surface area contributed by atoms with E-state index >= 15 is 0 Å². The van der Waals surface area contributed by atoms with Crippen LogP contribution in [0.4, 0.5) is 5.69 Å². The Kier molecular flexibility index (Phi) is 7.83. The lowest BCUT2D eigenvalue weighted by atomic mass is 9.82. The van der Waals surface area contributed by atoms with Crippen molar-refractivity contribution in [3.05, 3.63) is 60.2 Å². The lowest BCUT2D eigenvalue weighted by Crippen LogP contribution is -2.48. The quantitative estimate of drug-likeness (QED) is 0.433. The van der Waals surface area contributed by atoms with Crippen molar-refractivity contribution in [2.75, 3.05) is 19.0 Å². The average Bonchev–Trinajstić information content (AvgIpc) is 3.32. The van der Waals surface area contributed by atoms with Crippen molar-refractivity contribution in [3.8, 4) is 5.75 Å². The topological polar surface area (TPSA) is 108 Å². The molecule has 0 aromatic heterocycles. The number of carbonyl (C=O) groups excluding carboxylic acids is 3. The molecular weight excluding hydrogens is 410 g/mol. The van der Waals surface area contributed by atoms with Gasteiger partial charge in [-0.15, -0.1) is 0 Å². The largest absolute Gasteiger partial charge is 0.497 e. The first-order valence-electron chi connectivity index (χ1n) is 10.7. The SMILES string of the molecule is CC[C@@H](C(=O)NO)[C@H](C(=O)N1CCC[C@H]1C(=O)Nc1ccccc1)c1ccc(OC)cc1. The summed E-state index contributed by atoms with van der Waals surface area (Å²) in [7, 11) is 1.55. The summed E-state index contributed by atoms with van der Waals surface area (Å²) in [6, 6.07) is 15.4. The van der Waals surface area contributed by atoms with Crippen LogP contribution in [0.25, 0.3) is 0 Å². The molecule has 32 heavy (non-hydrogen) atoms. The number of nitrogens with one attached hydrogen (secondary N) is 2. The van der Waals surface area contributed by atoms with Gasteiger partial charge >= 0.3 is 0 Å². The van der Waals surface area contributed by atoms with Gasteiger partial charge in [-0.3, -0.25) is 19.6 Å². The van der Waals surface area contributed by atoms with Crippen molar-refractivity contribution in [2.45, 2.75) is 38.1 Å². The van der Waals surface area contributed by atoms with Crippen LogP contribution < -0.4 is 15.5 Å². The molecule has 0 bridgehead atoms. The highest BCUT2D eigenvalue weighted by molar-refractivity contribution is 5.99. The van der Waals surface area contributed by atoms with Crippen LogP contribution in [0.2, 0.25) is 0 Å². The van der Waals surface area contributed by atoms with Gasteiger partial charge in [-0.2, -0.15) is 0 Å². The van der Waals surface area contributed by atoms with Crippen LogP contribution in [-0.4, -0.2) is 47.5 Å². The van der Waals surface area contributed by atoms with Crippen LogP contribution in [0, 0.1) is 5.92 Å². The first-order chi connectivity index (χ1) is 15.5. The molecule has 0 saturated carbocycles. The van der Waals surface area contributed by atoms with Gasteiger partial charge in [0.2, 0.25) is 17.7 Å². The van der Waals surface area contributed by atoms with Crippen molar-refractivity contribution in [1.29, 1.82) is 0 Å². The third-order valence-electron chi connectivity index (χ3n) is 5.91. The number of hydroxylamine groups is 1. The van der Waals surface area contributed by atoms with Crippen LogP contribution in [0.15, 0.2) is 54.6 Å². The summed E-state index contributed by atoms with van der Waals surface area (Å²) < 4.78 is 5.20. The number of methoxy groups -OCH3 is 1. The van der Waals surface area contributed by atoms with Crippen LogP contribution >= 0.6 is 0 Å². The number of benzene rings is 2. The molecule has 8 nitrogen and oxygen atoms in total. The van der Waals surface area contributed by atoms with E-state index in [0.29, 0.717) is 42.8 Å². The van der Waals surface area contributed by atoms with E-state index in [1.807, 2.05) is 18.2 Å². The third kappa shape index (κ3) is 5.08. The van der Waals surface area contributed by atoms with Crippen molar-refractivity contribution >= 4 is 23.4 Å². The number of rotatable bonds is 8. The van der Waals surface area contributed by atoms with E-state index in [0.717, 1.165) is 0 Å². The Bertz CT molecular complexity index is 932. The Labute approximate surface area is 187 Å². The number of likely N-dealkylation sites (tertiary alicyclic amines) is 1. The highest BCUT2D eigenvalue weighted by atomic mass is 16.5. The van der Waals surface area contributed by atoms with E-state index < -0.39 is 23.8 Å². The molecule has 2 aromatic carbocycles. The predicted molar refractivity (Wildman–Crippen MR) is 119 cm³/mol. The Morgan fingerprint density at radius 3 is 2.41 bits per heavy atom. The zero-order valence-corrected chi connectivity index (χ0v) is 18.3. The average molecular weight is 440 g/mol. The molecule has 0 aliphatic carbocycles. The Balaban J connectivity index is 1.89. The molecular formula is C24H29N3O5. The van der Waals surface area contributed by atoms with Crippen molar-refractivity contribution in [3.63, 3.8) is 0 Å². The fourth-order valence-corrected chi connectivity index (χ4v) is 4.24. The highest BCUT2D eigenvalue weighted by Crippen LogP contribution is 2.33. The van der Waals surface area contributed by atoms with E-state index in [-0.39, 0.29) is 11.8 Å². The van der Waals surface area contributed by atoms with Crippen molar-refractivity contribution < 1.29 is 24.3 Å². The van der Waals surface area contributed by atoms with Crippen LogP contribution in [0.5, 0.6) is 5.75 Å². The normalized spacial score (nSPS) is 17.3. The van der Waals surface area contributed by atoms with Gasteiger partial charge in [0.1, 0.15) is 11.8 Å². The Morgan fingerprint density at radius 2 is 1.81 bits per heavy atom. The molecule has 0 radical (unpaired) electrons. The number of carbonyl (C=O) groups is 3. The van der Waals surface area contributed by atoms with Gasteiger partial charge in [-0.1, -0.05) is 37.3 Å². The zero-order valence-electron chi connectivity index (χ0n) is 18.3. The number of hydrogen-bond acceptors (Lipinski definition) is 5. The summed E-state index contributed by atoms with van der Waals surface area (Å²) in [5, 5.41) is 12.1. The van der Waals surface area contributed by atoms with E-state index in [2.05, 4.69) is 5.32 Å². The Morgan fingerprint density at radius 1 is 1.12 bits per heavy atom. The molecule has 0 unspecified atom stereocenters. The zero-order chi connectivity index (χ0) is 23.1. The molecule has 1 aliphatic rings. The first-order valence-corrected chi connectivity index (χ1v) is 10.7. The summed E-state index contributed by atoms with van der Waals surface area (Å²) in [5.74, 6) is -2.21. The highest BCUT2D eigenvalue weighted by Gasteiger charge is 2.42. The van der Waals surface area contributed by atoms with Gasteiger partial charge in [-0.25, -0.2) is 5.48 Å². The van der Waals surface area contributed by atoms with Gasteiger partial charge in [-0.05, 0) is 49.1 Å². The summed E-state index contributed by atoms with van der Waals surface area (Å²) in [4.78, 5) is 40.7. The minimum Gasteiger partial charge on any atom is -0.497 e. The van der Waals surface area contributed by atoms with E-state index in [1.165, 1.54) is 0 Å². The second-order valence-electron chi connectivity index (χ2n) is 7.79. The number of ether oxygens (including phenoxy) is 1. The van der Waals surface area contributed by atoms with E-state index in [4.69, 9.17) is 4.74 Å². The fraction of sp³-hybridized carbons (Fsp3) is 0.375. The first kappa shape index (κ1) is 23.3. The molecule has 8 heteroatoms. The monoisotopic (exact) mass is 439 g/mol. The maximum Gasteiger partial charge on any atom is 0.247 e. The number of hydrogen-bond donors (Lipinski definition) is 3. The molecule has 3 rings (SSSR count). The summed E-state index contributed by atoms with van der Waals surface area (Å²) in [6.07, 6.45) is 1.57. The maximum absolute atomic E-state index is 13.7. The summed E-state index contributed by atoms with van der Waals surface area (Å²) in [6.45, 7) is 2.21. The number of anilines is 1. The molecule has 3 N–H and O–H groups in total. The number of nitrogens with zero attached hydrogens (tertiary/aromatic N) is 1. The van der Waals surface area contributed by atoms with E-state index in [1.54, 1.807) is 60.8 Å². The number of para-hydroxylation sites is 1. The minimum absolute atomic E-state index is 0.254. The molecule has 3 amide bonds. The maximum atomic E-state index is 13.7. The molecule has 170 valence electrons. The lowest BCUT2D eigenvalue weighted by Gasteiger charge is -2.31. The van der Waals surface area contributed by atoms with Gasteiger partial charge in [0, 0.05) is 12.2 Å². The van der Waals surface area contributed by atoms with Crippen LogP contribution in [0.3, 0.4) is 0 Å². The summed E-state index contributed by atoms with van der Waals surface area (Å²) in [5.41, 5.74) is 2.97. The van der Waals surface area contributed by atoms with Gasteiger partial charge in [0.15, 0.2) is 0 Å². The van der Waals surface area contributed by atoms with E-state index in [9.17, 15) is 19.6 Å². The third-order valence-corrected chi connectivity index (χ3v) is 5.91. The second kappa shape index (κ2) is 10.8. The van der Waals surface area contributed by atoms with Crippen LogP contribution in [-0.2, 0) is 14.4 Å². The smallest absolute Gasteiger partial charge is 0.247 e. The minimum atomic E-state index is -0.844. The fourth-order valence-electron chi connectivity index (χ4n) is 4.24. The predicted octanol–water partition coefficient (Wildman–Crippen LogP) is 2.94. The number of amides is 3. The van der Waals surface area contributed by atoms with Crippen molar-refractivity contribution in [2.24, 2.45) is 5.92 Å². The van der Waals surface area contributed by atoms with Gasteiger partial charge < -0.3 is 15.0 Å². The summed E-state index contributed by atoms with van der Waals surface area (Å²) >= 11 is 0. The molecule has 1 aliphatic heterocycles. The van der Waals surface area contributed by atoms with Crippen molar-refractivity contribution in [1.82, 2.24) is 10.4 Å². The lowest BCUT2D eigenvalue weighted by molar-refractivity contribution is -0.144. The van der Waals surface area contributed by atoms with Gasteiger partial charge in [0.05, 0.1) is 18.9 Å². The standard InChI is InChI=1S/C24H29N3O5/c1-3-19(22(28)26-31)21(16-11-13-18(32-2)14-12-16)24(30)27-15-7-10-20(27)23(29)25-17-8-5-4-6-9-17/h4-6,8-9,11-14,19-21,31H,3,7,10,15H2,1-2H3,(H,25,29)(H,26,28)/t19-,20+,21-/m1/s1. The molecule has 2 aromatic rings. The molecule has 1 heterocycles. The molecule has 3 atom stereocenters.